The van der Waals surface area contributed by atoms with Gasteiger partial charge in [-0.25, -0.2) is 4.39 Å². The van der Waals surface area contributed by atoms with E-state index in [4.69, 9.17) is 0 Å². The highest BCUT2D eigenvalue weighted by atomic mass is 79.9. The first kappa shape index (κ1) is 15.4. The van der Waals surface area contributed by atoms with Crippen LogP contribution in [0.2, 0.25) is 0 Å². The summed E-state index contributed by atoms with van der Waals surface area (Å²) in [6.07, 6.45) is 0.911. The highest BCUT2D eigenvalue weighted by Crippen LogP contribution is 2.23. The lowest BCUT2D eigenvalue weighted by Gasteiger charge is -2.17. The third-order valence-corrected chi connectivity index (χ3v) is 3.72. The number of carbonyl (C=O) groups excluding carboxylic acids is 1. The second-order valence-electron chi connectivity index (χ2n) is 4.12. The topological polar surface area (TPSA) is 32.3 Å². The van der Waals surface area contributed by atoms with Gasteiger partial charge in [-0.05, 0) is 41.5 Å². The lowest BCUT2D eigenvalue weighted by atomic mass is 10.2. The lowest BCUT2D eigenvalue weighted by molar-refractivity contribution is 0.0784. The maximum atomic E-state index is 13.6. The summed E-state index contributed by atoms with van der Waals surface area (Å²) < 4.78 is 14.1. The fourth-order valence-corrected chi connectivity index (χ4v) is 2.55. The Kier molecular flexibility index (Phi) is 5.56. The van der Waals surface area contributed by atoms with Crippen LogP contribution in [0.25, 0.3) is 0 Å². The Labute approximate surface area is 120 Å². The quantitative estimate of drug-likeness (QED) is 0.899. The predicted molar refractivity (Wildman–Crippen MR) is 74.7 cm³/mol. The Hall–Kier alpha value is -0.650. The molecule has 1 atom stereocenters. The number of nitrogens with one attached hydrogen (secondary N) is 1. The molecular weight excluding hydrogens is 322 g/mol. The van der Waals surface area contributed by atoms with Crippen LogP contribution < -0.4 is 5.32 Å². The van der Waals surface area contributed by atoms with Crippen LogP contribution in [0.1, 0.15) is 16.8 Å². The number of amides is 1. The average molecular weight is 338 g/mol. The van der Waals surface area contributed by atoms with E-state index in [1.165, 1.54) is 6.07 Å². The minimum atomic E-state index is -0.475. The molecule has 100 valence electrons. The van der Waals surface area contributed by atoms with Crippen LogP contribution in [0.5, 0.6) is 0 Å². The zero-order chi connectivity index (χ0) is 12.4. The number of nitrogens with zero attached hydrogens (tertiary/aromatic N) is 1. The highest BCUT2D eigenvalue weighted by molar-refractivity contribution is 9.10. The van der Waals surface area contributed by atoms with E-state index in [1.54, 1.807) is 17.0 Å². The molecule has 1 N–H and O–H groups in total. The summed E-state index contributed by atoms with van der Waals surface area (Å²) >= 11 is 3.22. The number of rotatable bonds is 2. The zero-order valence-electron chi connectivity index (χ0n) is 9.95. The number of hydrogen-bond acceptors (Lipinski definition) is 2. The van der Waals surface area contributed by atoms with Crippen LogP contribution in [-0.4, -0.2) is 37.0 Å². The Morgan fingerprint density at radius 3 is 2.83 bits per heavy atom. The third-order valence-electron chi connectivity index (χ3n) is 3.06. The van der Waals surface area contributed by atoms with E-state index < -0.39 is 5.82 Å². The molecule has 1 fully saturated rings. The first-order valence-electron chi connectivity index (χ1n) is 5.54. The van der Waals surface area contributed by atoms with Crippen molar-refractivity contribution >= 4 is 34.2 Å². The molecule has 18 heavy (non-hydrogen) atoms. The van der Waals surface area contributed by atoms with E-state index in [0.29, 0.717) is 23.6 Å². The zero-order valence-corrected chi connectivity index (χ0v) is 12.4. The van der Waals surface area contributed by atoms with E-state index in [-0.39, 0.29) is 23.9 Å². The molecule has 1 saturated heterocycles. The third kappa shape index (κ3) is 3.02. The van der Waals surface area contributed by atoms with Crippen molar-refractivity contribution in [1.29, 1.82) is 0 Å². The summed E-state index contributed by atoms with van der Waals surface area (Å²) in [5.41, 5.74) is 0.129. The van der Waals surface area contributed by atoms with Crippen molar-refractivity contribution in [3.63, 3.8) is 0 Å². The van der Waals surface area contributed by atoms with Gasteiger partial charge in [-0.15, -0.1) is 12.4 Å². The van der Waals surface area contributed by atoms with Crippen LogP contribution in [0.4, 0.5) is 4.39 Å². The molecule has 6 heteroatoms. The Morgan fingerprint density at radius 1 is 1.56 bits per heavy atom. The molecule has 0 saturated carbocycles. The van der Waals surface area contributed by atoms with Crippen molar-refractivity contribution in [3.05, 3.63) is 34.1 Å². The van der Waals surface area contributed by atoms with Gasteiger partial charge in [0.2, 0.25) is 0 Å². The van der Waals surface area contributed by atoms with Gasteiger partial charge in [0.25, 0.3) is 5.91 Å². The molecule has 1 aliphatic rings. The van der Waals surface area contributed by atoms with Gasteiger partial charge in [-0.1, -0.05) is 6.07 Å². The molecule has 1 amide bonds. The summed E-state index contributed by atoms with van der Waals surface area (Å²) in [4.78, 5) is 13.9. The van der Waals surface area contributed by atoms with Crippen LogP contribution in [0, 0.1) is 5.82 Å². The van der Waals surface area contributed by atoms with Crippen LogP contribution >= 0.6 is 28.3 Å². The van der Waals surface area contributed by atoms with Crippen molar-refractivity contribution in [3.8, 4) is 0 Å². The molecule has 0 bridgehead atoms. The van der Waals surface area contributed by atoms with Gasteiger partial charge in [0.15, 0.2) is 0 Å². The smallest absolute Gasteiger partial charge is 0.258 e. The van der Waals surface area contributed by atoms with Gasteiger partial charge >= 0.3 is 0 Å². The number of halogens is 3. The van der Waals surface area contributed by atoms with Gasteiger partial charge < -0.3 is 10.2 Å². The highest BCUT2D eigenvalue weighted by Gasteiger charge is 2.28. The molecule has 2 rings (SSSR count). The maximum Gasteiger partial charge on any atom is 0.258 e. The number of carbonyl (C=O) groups is 1. The summed E-state index contributed by atoms with van der Waals surface area (Å²) in [6, 6.07) is 4.88. The lowest BCUT2D eigenvalue weighted by Crippen LogP contribution is -2.34. The number of benzene rings is 1. The first-order valence-corrected chi connectivity index (χ1v) is 6.33. The second-order valence-corrected chi connectivity index (χ2v) is 4.98. The summed E-state index contributed by atoms with van der Waals surface area (Å²) in [5.74, 6) is -0.718. The van der Waals surface area contributed by atoms with Crippen LogP contribution in [0.3, 0.4) is 0 Å². The SMILES string of the molecule is CNC1CCN(C(=O)c2c(F)cccc2Br)C1.Cl. The van der Waals surface area contributed by atoms with Gasteiger partial charge in [0.1, 0.15) is 5.82 Å². The van der Waals surface area contributed by atoms with Gasteiger partial charge in [-0.2, -0.15) is 0 Å². The van der Waals surface area contributed by atoms with E-state index in [1.807, 2.05) is 7.05 Å². The number of likely N-dealkylation sites (N-methyl/N-ethyl adjacent to an activating group) is 1. The van der Waals surface area contributed by atoms with Gasteiger partial charge in [-0.3, -0.25) is 4.79 Å². The molecule has 0 radical (unpaired) electrons. The predicted octanol–water partition coefficient (Wildman–Crippen LogP) is 2.44. The van der Waals surface area contributed by atoms with Crippen molar-refractivity contribution in [2.24, 2.45) is 0 Å². The van der Waals surface area contributed by atoms with Gasteiger partial charge in [0, 0.05) is 23.6 Å². The van der Waals surface area contributed by atoms with E-state index in [2.05, 4.69) is 21.2 Å². The minimum Gasteiger partial charge on any atom is -0.337 e. The molecule has 0 aromatic heterocycles. The van der Waals surface area contributed by atoms with Crippen molar-refractivity contribution in [2.75, 3.05) is 20.1 Å². The van der Waals surface area contributed by atoms with Crippen molar-refractivity contribution in [2.45, 2.75) is 12.5 Å². The molecular formula is C12H15BrClFN2O. The van der Waals surface area contributed by atoms with Crippen molar-refractivity contribution in [1.82, 2.24) is 10.2 Å². The summed E-state index contributed by atoms with van der Waals surface area (Å²) in [6.45, 7) is 1.31. The number of hydrogen-bond donors (Lipinski definition) is 1. The normalized spacial score (nSPS) is 18.6. The van der Waals surface area contributed by atoms with Crippen LogP contribution in [0.15, 0.2) is 22.7 Å². The number of likely N-dealkylation sites (tertiary alicyclic amines) is 1. The Morgan fingerprint density at radius 2 is 2.28 bits per heavy atom. The van der Waals surface area contributed by atoms with Crippen LogP contribution in [-0.2, 0) is 0 Å². The molecule has 0 spiro atoms. The fraction of sp³-hybridized carbons (Fsp3) is 0.417. The summed E-state index contributed by atoms with van der Waals surface area (Å²) in [5, 5.41) is 3.13. The van der Waals surface area contributed by atoms with Crippen molar-refractivity contribution < 1.29 is 9.18 Å². The molecule has 1 heterocycles. The fourth-order valence-electron chi connectivity index (χ4n) is 2.04. The molecule has 1 aliphatic heterocycles. The molecule has 1 aromatic rings. The van der Waals surface area contributed by atoms with E-state index in [9.17, 15) is 9.18 Å². The Balaban J connectivity index is 0.00000162. The molecule has 0 aliphatic carbocycles. The standard InChI is InChI=1S/C12H14BrFN2O.ClH/c1-15-8-5-6-16(7-8)12(17)11-9(13)3-2-4-10(11)14;/h2-4,8,15H,5-7H2,1H3;1H. The first-order chi connectivity index (χ1) is 8.13. The summed E-state index contributed by atoms with van der Waals surface area (Å²) in [7, 11) is 1.87. The average Bonchev–Trinajstić information content (AvgIpc) is 2.77. The minimum absolute atomic E-state index is 0. The van der Waals surface area contributed by atoms with Gasteiger partial charge in [0.05, 0.1) is 5.56 Å². The monoisotopic (exact) mass is 336 g/mol. The van der Waals surface area contributed by atoms with E-state index in [0.717, 1.165) is 6.42 Å². The van der Waals surface area contributed by atoms with E-state index >= 15 is 0 Å². The molecule has 1 aromatic carbocycles. The molecule has 1 unspecified atom stereocenters. The second kappa shape index (κ2) is 6.50. The Bertz CT molecular complexity index is 424. The maximum absolute atomic E-state index is 13.6. The molecule has 3 nitrogen and oxygen atoms in total. The largest absolute Gasteiger partial charge is 0.337 e.